The first-order valence-corrected chi connectivity index (χ1v) is 5.86. The zero-order valence-corrected chi connectivity index (χ0v) is 10.0. The van der Waals surface area contributed by atoms with Crippen LogP contribution < -0.4 is 10.6 Å². The highest BCUT2D eigenvalue weighted by molar-refractivity contribution is 5.74. The molecule has 5 heteroatoms. The predicted molar refractivity (Wildman–Crippen MR) is 61.3 cm³/mol. The molecule has 0 aromatic carbocycles. The molecule has 0 aromatic rings. The van der Waals surface area contributed by atoms with Crippen molar-refractivity contribution < 1.29 is 14.6 Å². The van der Waals surface area contributed by atoms with Gasteiger partial charge in [-0.15, -0.1) is 0 Å². The van der Waals surface area contributed by atoms with E-state index in [-0.39, 0.29) is 24.2 Å². The fourth-order valence-corrected chi connectivity index (χ4v) is 1.96. The molecule has 0 saturated heterocycles. The minimum atomic E-state index is -0.187. The summed E-state index contributed by atoms with van der Waals surface area (Å²) in [5.74, 6) is 0. The van der Waals surface area contributed by atoms with Crippen molar-refractivity contribution in [3.8, 4) is 0 Å². The number of amides is 2. The minimum absolute atomic E-state index is 0.0131. The number of urea groups is 1. The summed E-state index contributed by atoms with van der Waals surface area (Å²) in [5.41, 5.74) is 0. The molecule has 0 spiro atoms. The second kappa shape index (κ2) is 6.70. The van der Waals surface area contributed by atoms with E-state index < -0.39 is 0 Å². The van der Waals surface area contributed by atoms with Crippen molar-refractivity contribution in [2.24, 2.45) is 0 Å². The SMILES string of the molecule is COCC(C)NC(=O)NC1CCC(O)CC1. The molecule has 5 nitrogen and oxygen atoms in total. The van der Waals surface area contributed by atoms with Gasteiger partial charge >= 0.3 is 6.03 Å². The Bertz CT molecular complexity index is 215. The normalized spacial score (nSPS) is 27.2. The minimum Gasteiger partial charge on any atom is -0.393 e. The van der Waals surface area contributed by atoms with Crippen molar-refractivity contribution in [2.45, 2.75) is 50.8 Å². The van der Waals surface area contributed by atoms with Gasteiger partial charge in [0.05, 0.1) is 18.8 Å². The standard InChI is InChI=1S/C11H22N2O3/c1-8(7-16-2)12-11(15)13-9-3-5-10(14)6-4-9/h8-10,14H,3-7H2,1-2H3,(H2,12,13,15). The van der Waals surface area contributed by atoms with Gasteiger partial charge < -0.3 is 20.5 Å². The fraction of sp³-hybridized carbons (Fsp3) is 0.909. The van der Waals surface area contributed by atoms with Crippen LogP contribution in [0.25, 0.3) is 0 Å². The lowest BCUT2D eigenvalue weighted by Crippen LogP contribution is -2.47. The number of rotatable bonds is 4. The third-order valence-electron chi connectivity index (χ3n) is 2.83. The first kappa shape index (κ1) is 13.3. The van der Waals surface area contributed by atoms with E-state index in [1.807, 2.05) is 6.92 Å². The van der Waals surface area contributed by atoms with Gasteiger partial charge in [-0.1, -0.05) is 0 Å². The largest absolute Gasteiger partial charge is 0.393 e. The molecule has 0 bridgehead atoms. The van der Waals surface area contributed by atoms with Gasteiger partial charge in [0, 0.05) is 13.2 Å². The molecule has 3 N–H and O–H groups in total. The van der Waals surface area contributed by atoms with Gasteiger partial charge in [-0.05, 0) is 32.6 Å². The molecule has 0 aromatic heterocycles. The van der Waals surface area contributed by atoms with Crippen LogP contribution in [0.1, 0.15) is 32.6 Å². The Morgan fingerprint density at radius 3 is 2.62 bits per heavy atom. The van der Waals surface area contributed by atoms with Crippen molar-refractivity contribution in [1.82, 2.24) is 10.6 Å². The summed E-state index contributed by atoms with van der Waals surface area (Å²) < 4.78 is 4.93. The van der Waals surface area contributed by atoms with Crippen LogP contribution in [-0.2, 0) is 4.74 Å². The van der Waals surface area contributed by atoms with Gasteiger partial charge in [0.15, 0.2) is 0 Å². The third-order valence-corrected chi connectivity index (χ3v) is 2.83. The molecule has 1 saturated carbocycles. The Kier molecular flexibility index (Phi) is 5.55. The molecular formula is C11H22N2O3. The molecule has 16 heavy (non-hydrogen) atoms. The number of aliphatic hydroxyl groups excluding tert-OH is 1. The Balaban J connectivity index is 2.18. The maximum atomic E-state index is 11.5. The molecule has 0 heterocycles. The van der Waals surface area contributed by atoms with Gasteiger partial charge in [-0.2, -0.15) is 0 Å². The highest BCUT2D eigenvalue weighted by atomic mass is 16.5. The van der Waals surface area contributed by atoms with E-state index in [1.165, 1.54) is 0 Å². The van der Waals surface area contributed by atoms with Crippen LogP contribution in [0.5, 0.6) is 0 Å². The van der Waals surface area contributed by atoms with Crippen molar-refractivity contribution in [1.29, 1.82) is 0 Å². The third kappa shape index (κ3) is 4.81. The Labute approximate surface area is 96.6 Å². The number of carbonyl (C=O) groups excluding carboxylic acids is 1. The van der Waals surface area contributed by atoms with E-state index in [4.69, 9.17) is 4.74 Å². The highest BCUT2D eigenvalue weighted by Gasteiger charge is 2.20. The summed E-state index contributed by atoms with van der Waals surface area (Å²) in [6.45, 7) is 2.41. The average molecular weight is 230 g/mol. The molecule has 1 fully saturated rings. The molecule has 1 rings (SSSR count). The number of methoxy groups -OCH3 is 1. The van der Waals surface area contributed by atoms with E-state index in [0.29, 0.717) is 6.61 Å². The molecule has 1 atom stereocenters. The number of hydrogen-bond acceptors (Lipinski definition) is 3. The quantitative estimate of drug-likeness (QED) is 0.663. The zero-order valence-electron chi connectivity index (χ0n) is 10.0. The maximum Gasteiger partial charge on any atom is 0.315 e. The van der Waals surface area contributed by atoms with Crippen LogP contribution >= 0.6 is 0 Å². The Hall–Kier alpha value is -0.810. The fourth-order valence-electron chi connectivity index (χ4n) is 1.96. The average Bonchev–Trinajstić information content (AvgIpc) is 2.21. The molecule has 1 aliphatic carbocycles. The smallest absolute Gasteiger partial charge is 0.315 e. The summed E-state index contributed by atoms with van der Waals surface area (Å²) >= 11 is 0. The number of carbonyl (C=O) groups is 1. The van der Waals surface area contributed by atoms with Crippen LogP contribution in [0.15, 0.2) is 0 Å². The van der Waals surface area contributed by atoms with Crippen molar-refractivity contribution >= 4 is 6.03 Å². The van der Waals surface area contributed by atoms with E-state index in [0.717, 1.165) is 25.7 Å². The molecule has 2 amide bonds. The number of ether oxygens (including phenoxy) is 1. The lowest BCUT2D eigenvalue weighted by Gasteiger charge is -2.26. The lowest BCUT2D eigenvalue weighted by molar-refractivity contribution is 0.117. The first-order chi connectivity index (χ1) is 7.61. The monoisotopic (exact) mass is 230 g/mol. The van der Waals surface area contributed by atoms with Crippen LogP contribution in [0.2, 0.25) is 0 Å². The van der Waals surface area contributed by atoms with Crippen LogP contribution in [-0.4, -0.2) is 43.0 Å². The van der Waals surface area contributed by atoms with Gasteiger partial charge in [-0.3, -0.25) is 0 Å². The molecule has 0 aliphatic heterocycles. The van der Waals surface area contributed by atoms with E-state index >= 15 is 0 Å². The summed E-state index contributed by atoms with van der Waals surface area (Å²) in [7, 11) is 1.61. The van der Waals surface area contributed by atoms with Crippen molar-refractivity contribution in [3.63, 3.8) is 0 Å². The van der Waals surface area contributed by atoms with Gasteiger partial charge in [0.1, 0.15) is 0 Å². The van der Waals surface area contributed by atoms with Crippen LogP contribution in [0.4, 0.5) is 4.79 Å². The van der Waals surface area contributed by atoms with Gasteiger partial charge in [0.2, 0.25) is 0 Å². The summed E-state index contributed by atoms with van der Waals surface area (Å²) in [6.07, 6.45) is 3.07. The van der Waals surface area contributed by atoms with Crippen LogP contribution in [0.3, 0.4) is 0 Å². The second-order valence-corrected chi connectivity index (χ2v) is 4.48. The molecule has 0 radical (unpaired) electrons. The zero-order chi connectivity index (χ0) is 12.0. The number of hydrogen-bond donors (Lipinski definition) is 3. The first-order valence-electron chi connectivity index (χ1n) is 5.86. The van der Waals surface area contributed by atoms with E-state index in [2.05, 4.69) is 10.6 Å². The molecular weight excluding hydrogens is 208 g/mol. The van der Waals surface area contributed by atoms with E-state index in [9.17, 15) is 9.90 Å². The second-order valence-electron chi connectivity index (χ2n) is 4.48. The summed E-state index contributed by atoms with van der Waals surface area (Å²) in [6, 6.07) is 0.0586. The number of aliphatic hydroxyl groups is 1. The predicted octanol–water partition coefficient (Wildman–Crippen LogP) is 0.624. The lowest BCUT2D eigenvalue weighted by atomic mass is 9.93. The summed E-state index contributed by atoms with van der Waals surface area (Å²) in [4.78, 5) is 11.5. The Morgan fingerprint density at radius 2 is 2.06 bits per heavy atom. The van der Waals surface area contributed by atoms with Gasteiger partial charge in [0.25, 0.3) is 0 Å². The van der Waals surface area contributed by atoms with Crippen molar-refractivity contribution in [3.05, 3.63) is 0 Å². The number of nitrogens with one attached hydrogen (secondary N) is 2. The topological polar surface area (TPSA) is 70.6 Å². The van der Waals surface area contributed by atoms with Gasteiger partial charge in [-0.25, -0.2) is 4.79 Å². The molecule has 94 valence electrons. The molecule has 1 aliphatic rings. The van der Waals surface area contributed by atoms with Crippen molar-refractivity contribution in [2.75, 3.05) is 13.7 Å². The molecule has 1 unspecified atom stereocenters. The van der Waals surface area contributed by atoms with Crippen LogP contribution in [0, 0.1) is 0 Å². The summed E-state index contributed by atoms with van der Waals surface area (Å²) in [5, 5.41) is 15.0. The maximum absolute atomic E-state index is 11.5. The highest BCUT2D eigenvalue weighted by Crippen LogP contribution is 2.17. The Morgan fingerprint density at radius 1 is 1.44 bits per heavy atom. The van der Waals surface area contributed by atoms with E-state index in [1.54, 1.807) is 7.11 Å².